The summed E-state index contributed by atoms with van der Waals surface area (Å²) >= 11 is 0. The summed E-state index contributed by atoms with van der Waals surface area (Å²) in [7, 11) is 0. The summed E-state index contributed by atoms with van der Waals surface area (Å²) in [4.78, 5) is 0. The Labute approximate surface area is 49.5 Å². The second-order valence-electron chi connectivity index (χ2n) is 2.82. The highest BCUT2D eigenvalue weighted by atomic mass is 16.5. The van der Waals surface area contributed by atoms with Crippen molar-refractivity contribution in [2.45, 2.75) is 20.0 Å². The summed E-state index contributed by atoms with van der Waals surface area (Å²) < 4.78 is 4.94. The largest absolute Gasteiger partial charge is 0.393 e. The van der Waals surface area contributed by atoms with Gasteiger partial charge in [0.1, 0.15) is 0 Å². The van der Waals surface area contributed by atoms with Crippen molar-refractivity contribution >= 4 is 0 Å². The van der Waals surface area contributed by atoms with Gasteiger partial charge in [-0.25, -0.2) is 0 Å². The Kier molecular flexibility index (Phi) is 1.29. The molecule has 1 fully saturated rings. The quantitative estimate of drug-likeness (QED) is 0.537. The fraction of sp³-hybridized carbons (Fsp3) is 1.00. The van der Waals surface area contributed by atoms with Gasteiger partial charge >= 0.3 is 0 Å². The molecule has 0 aromatic carbocycles. The van der Waals surface area contributed by atoms with Crippen LogP contribution in [0.25, 0.3) is 0 Å². The van der Waals surface area contributed by atoms with Crippen LogP contribution >= 0.6 is 0 Å². The van der Waals surface area contributed by atoms with Crippen LogP contribution in [-0.2, 0) is 4.74 Å². The molecule has 0 unspecified atom stereocenters. The van der Waals surface area contributed by atoms with Crippen LogP contribution in [0.4, 0.5) is 0 Å². The molecule has 1 N–H and O–H groups in total. The van der Waals surface area contributed by atoms with Gasteiger partial charge in [-0.15, -0.1) is 0 Å². The Morgan fingerprint density at radius 2 is 2.12 bits per heavy atom. The molecule has 2 nitrogen and oxygen atoms in total. The smallest absolute Gasteiger partial charge is 0.0609 e. The average molecular weight is 116 g/mol. The molecule has 8 heavy (non-hydrogen) atoms. The van der Waals surface area contributed by atoms with Crippen LogP contribution in [0.2, 0.25) is 0 Å². The van der Waals surface area contributed by atoms with Crippen molar-refractivity contribution in [2.75, 3.05) is 13.2 Å². The summed E-state index contributed by atoms with van der Waals surface area (Å²) in [5.41, 5.74) is 0.0556. The minimum Gasteiger partial charge on any atom is -0.393 e. The highest BCUT2D eigenvalue weighted by Crippen LogP contribution is 2.29. The molecule has 0 amide bonds. The van der Waals surface area contributed by atoms with E-state index in [1.165, 1.54) is 0 Å². The van der Waals surface area contributed by atoms with Crippen molar-refractivity contribution < 1.29 is 9.84 Å². The van der Waals surface area contributed by atoms with Gasteiger partial charge in [0.15, 0.2) is 0 Å². The molecule has 2 heteroatoms. The van der Waals surface area contributed by atoms with E-state index in [0.717, 1.165) is 0 Å². The molecule has 0 saturated carbocycles. The minimum absolute atomic E-state index is 0.0556. The van der Waals surface area contributed by atoms with E-state index in [2.05, 4.69) is 0 Å². The first-order chi connectivity index (χ1) is 3.65. The number of aliphatic hydroxyl groups is 1. The predicted molar refractivity (Wildman–Crippen MR) is 30.6 cm³/mol. The Balaban J connectivity index is 2.41. The molecule has 1 rings (SSSR count). The van der Waals surface area contributed by atoms with E-state index in [1.807, 2.05) is 13.8 Å². The summed E-state index contributed by atoms with van der Waals surface area (Å²) in [6.07, 6.45) is -0.226. The Morgan fingerprint density at radius 1 is 1.62 bits per heavy atom. The molecular weight excluding hydrogens is 104 g/mol. The number of hydrogen-bond acceptors (Lipinski definition) is 2. The van der Waals surface area contributed by atoms with Gasteiger partial charge in [0.2, 0.25) is 0 Å². The van der Waals surface area contributed by atoms with Crippen LogP contribution in [0.3, 0.4) is 0 Å². The van der Waals surface area contributed by atoms with E-state index >= 15 is 0 Å². The molecular formula is C6H12O2. The average Bonchev–Trinajstić information content (AvgIpc) is 1.60. The van der Waals surface area contributed by atoms with Gasteiger partial charge in [-0.05, 0) is 6.92 Å². The molecule has 0 bridgehead atoms. The molecule has 0 aliphatic carbocycles. The third kappa shape index (κ3) is 0.740. The number of aliphatic hydroxyl groups excluding tert-OH is 1. The van der Waals surface area contributed by atoms with Gasteiger partial charge < -0.3 is 9.84 Å². The third-order valence-electron chi connectivity index (χ3n) is 1.87. The second kappa shape index (κ2) is 1.71. The summed E-state index contributed by atoms with van der Waals surface area (Å²) in [5, 5.41) is 9.05. The highest BCUT2D eigenvalue weighted by Gasteiger charge is 2.37. The Hall–Kier alpha value is -0.0800. The molecule has 1 aliphatic heterocycles. The SMILES string of the molecule is C[C@H](O)C1(C)COC1. The molecule has 0 aromatic heterocycles. The topological polar surface area (TPSA) is 29.5 Å². The van der Waals surface area contributed by atoms with E-state index in [1.54, 1.807) is 0 Å². The van der Waals surface area contributed by atoms with E-state index in [9.17, 15) is 0 Å². The van der Waals surface area contributed by atoms with Crippen LogP contribution < -0.4 is 0 Å². The zero-order valence-electron chi connectivity index (χ0n) is 5.35. The highest BCUT2D eigenvalue weighted by molar-refractivity contribution is 4.85. The summed E-state index contributed by atoms with van der Waals surface area (Å²) in [6, 6.07) is 0. The summed E-state index contributed by atoms with van der Waals surface area (Å²) in [6.45, 7) is 5.26. The second-order valence-corrected chi connectivity index (χ2v) is 2.82. The molecule has 0 spiro atoms. The van der Waals surface area contributed by atoms with Crippen LogP contribution in [0, 0.1) is 5.41 Å². The number of rotatable bonds is 1. The Morgan fingerprint density at radius 3 is 2.12 bits per heavy atom. The van der Waals surface area contributed by atoms with Crippen LogP contribution in [0.15, 0.2) is 0 Å². The molecule has 48 valence electrons. The van der Waals surface area contributed by atoms with Gasteiger partial charge in [0.05, 0.1) is 19.3 Å². The zero-order valence-corrected chi connectivity index (χ0v) is 5.35. The van der Waals surface area contributed by atoms with Gasteiger partial charge in [-0.3, -0.25) is 0 Å². The van der Waals surface area contributed by atoms with Crippen molar-refractivity contribution in [3.63, 3.8) is 0 Å². The van der Waals surface area contributed by atoms with Gasteiger partial charge in [0.25, 0.3) is 0 Å². The van der Waals surface area contributed by atoms with E-state index in [0.29, 0.717) is 13.2 Å². The van der Waals surface area contributed by atoms with Gasteiger partial charge in [0, 0.05) is 5.41 Å². The predicted octanol–water partition coefficient (Wildman–Crippen LogP) is 0.404. The summed E-state index contributed by atoms with van der Waals surface area (Å²) in [5.74, 6) is 0. The first-order valence-corrected chi connectivity index (χ1v) is 2.91. The van der Waals surface area contributed by atoms with Crippen molar-refractivity contribution in [3.8, 4) is 0 Å². The first kappa shape index (κ1) is 6.05. The first-order valence-electron chi connectivity index (χ1n) is 2.91. The van der Waals surface area contributed by atoms with E-state index in [4.69, 9.17) is 9.84 Å². The molecule has 1 heterocycles. The van der Waals surface area contributed by atoms with Crippen molar-refractivity contribution in [1.82, 2.24) is 0 Å². The van der Waals surface area contributed by atoms with E-state index in [-0.39, 0.29) is 11.5 Å². The minimum atomic E-state index is -0.226. The lowest BCUT2D eigenvalue weighted by Crippen LogP contribution is -2.47. The fourth-order valence-electron chi connectivity index (χ4n) is 0.665. The lowest BCUT2D eigenvalue weighted by Gasteiger charge is -2.40. The van der Waals surface area contributed by atoms with Crippen molar-refractivity contribution in [2.24, 2.45) is 5.41 Å². The molecule has 1 saturated heterocycles. The van der Waals surface area contributed by atoms with Gasteiger partial charge in [-0.1, -0.05) is 6.92 Å². The molecule has 1 atom stereocenters. The zero-order chi connectivity index (χ0) is 6.20. The fourth-order valence-corrected chi connectivity index (χ4v) is 0.665. The number of hydrogen-bond donors (Lipinski definition) is 1. The maximum Gasteiger partial charge on any atom is 0.0609 e. The maximum absolute atomic E-state index is 9.05. The maximum atomic E-state index is 9.05. The third-order valence-corrected chi connectivity index (χ3v) is 1.87. The van der Waals surface area contributed by atoms with Crippen LogP contribution in [0.5, 0.6) is 0 Å². The number of ether oxygens (including phenoxy) is 1. The van der Waals surface area contributed by atoms with Crippen molar-refractivity contribution in [1.29, 1.82) is 0 Å². The molecule has 0 radical (unpaired) electrons. The molecule has 0 aromatic rings. The lowest BCUT2D eigenvalue weighted by atomic mass is 9.83. The normalized spacial score (nSPS) is 28.9. The standard InChI is InChI=1S/C6H12O2/c1-5(7)6(2)3-8-4-6/h5,7H,3-4H2,1-2H3/t5-/m0/s1. The molecule has 1 aliphatic rings. The Bertz CT molecular complexity index is 84.5. The lowest BCUT2D eigenvalue weighted by molar-refractivity contribution is -0.155. The van der Waals surface area contributed by atoms with E-state index < -0.39 is 0 Å². The van der Waals surface area contributed by atoms with Gasteiger partial charge in [-0.2, -0.15) is 0 Å². The van der Waals surface area contributed by atoms with Crippen LogP contribution in [-0.4, -0.2) is 24.4 Å². The van der Waals surface area contributed by atoms with Crippen molar-refractivity contribution in [3.05, 3.63) is 0 Å². The van der Waals surface area contributed by atoms with Crippen LogP contribution in [0.1, 0.15) is 13.8 Å². The monoisotopic (exact) mass is 116 g/mol.